The lowest BCUT2D eigenvalue weighted by atomic mass is 10.1. The van der Waals surface area contributed by atoms with E-state index in [2.05, 4.69) is 12.6 Å². The molecule has 0 radical (unpaired) electrons. The first-order valence-electron chi connectivity index (χ1n) is 12.8. The minimum Gasteiger partial charge on any atom is -0.508 e. The summed E-state index contributed by atoms with van der Waals surface area (Å²) in [4.78, 5) is 0. The van der Waals surface area contributed by atoms with Gasteiger partial charge in [0, 0.05) is 13.2 Å². The molecule has 0 spiro atoms. The summed E-state index contributed by atoms with van der Waals surface area (Å²) in [5, 5.41) is 19.2. The average Bonchev–Trinajstić information content (AvgIpc) is 2.86. The summed E-state index contributed by atoms with van der Waals surface area (Å²) >= 11 is 4.16. The smallest absolute Gasteiger partial charge is 0.119 e. The molecule has 1 rings (SSSR count). The van der Waals surface area contributed by atoms with E-state index in [4.69, 9.17) is 28.4 Å². The molecular weight excluding hydrogens is 472 g/mol. The van der Waals surface area contributed by atoms with Crippen molar-refractivity contribution in [2.24, 2.45) is 0 Å². The highest BCUT2D eigenvalue weighted by molar-refractivity contribution is 7.80. The third-order valence-corrected chi connectivity index (χ3v) is 5.42. The molecule has 0 fully saturated rings. The Morgan fingerprint density at radius 1 is 0.514 bits per heavy atom. The molecule has 1 aromatic carbocycles. The Morgan fingerprint density at radius 2 is 0.943 bits per heavy atom. The quantitative estimate of drug-likeness (QED) is 0.0962. The van der Waals surface area contributed by atoms with Crippen LogP contribution in [0.3, 0.4) is 0 Å². The van der Waals surface area contributed by atoms with E-state index < -0.39 is 0 Å². The Bertz CT molecular complexity index is 590. The van der Waals surface area contributed by atoms with Crippen molar-refractivity contribution in [2.45, 2.75) is 44.9 Å². The maximum Gasteiger partial charge on any atom is 0.119 e. The van der Waals surface area contributed by atoms with Crippen LogP contribution in [0.2, 0.25) is 0 Å². The van der Waals surface area contributed by atoms with Gasteiger partial charge in [-0.25, -0.2) is 0 Å². The van der Waals surface area contributed by atoms with E-state index in [1.807, 2.05) is 0 Å². The second kappa shape index (κ2) is 24.6. The van der Waals surface area contributed by atoms with Crippen LogP contribution in [0.25, 0.3) is 0 Å². The van der Waals surface area contributed by atoms with E-state index in [0.717, 1.165) is 69.5 Å². The number of ether oxygens (including phenoxy) is 6. The molecule has 0 saturated heterocycles. The molecule has 0 bridgehead atoms. The molecule has 35 heavy (non-hydrogen) atoms. The maximum absolute atomic E-state index is 9.76. The number of phenolic OH excluding ortho intramolecular Hbond substituents is 2. The first kappa shape index (κ1) is 32.0. The number of rotatable bonds is 26. The van der Waals surface area contributed by atoms with Gasteiger partial charge in [-0.05, 0) is 61.6 Å². The van der Waals surface area contributed by atoms with Gasteiger partial charge in [0.25, 0.3) is 0 Å². The van der Waals surface area contributed by atoms with Crippen molar-refractivity contribution in [2.75, 3.05) is 85.0 Å². The van der Waals surface area contributed by atoms with Crippen molar-refractivity contribution in [1.82, 2.24) is 0 Å². The number of phenols is 2. The molecule has 0 aliphatic carbocycles. The Hall–Kier alpha value is -1.07. The number of aromatic hydroxyl groups is 2. The SMILES string of the molecule is Oc1ccc(O)c(CCCCCCOCCOCCOCCOCCOCCOCCCCS)c1. The van der Waals surface area contributed by atoms with Crippen LogP contribution in [0.5, 0.6) is 11.5 Å². The molecule has 204 valence electrons. The Kier molecular flexibility index (Phi) is 22.5. The van der Waals surface area contributed by atoms with E-state index in [9.17, 15) is 10.2 Å². The molecule has 2 N–H and O–H groups in total. The summed E-state index contributed by atoms with van der Waals surface area (Å²) in [5.41, 5.74) is 0.799. The van der Waals surface area contributed by atoms with Crippen LogP contribution >= 0.6 is 12.6 Å². The van der Waals surface area contributed by atoms with Crippen LogP contribution in [0, 0.1) is 0 Å². The van der Waals surface area contributed by atoms with Crippen LogP contribution in [0.4, 0.5) is 0 Å². The van der Waals surface area contributed by atoms with Crippen molar-refractivity contribution < 1.29 is 38.6 Å². The summed E-state index contributed by atoms with van der Waals surface area (Å²) in [5.74, 6) is 1.35. The molecule has 0 aromatic heterocycles. The van der Waals surface area contributed by atoms with Gasteiger partial charge >= 0.3 is 0 Å². The van der Waals surface area contributed by atoms with Crippen molar-refractivity contribution in [1.29, 1.82) is 0 Å². The number of aryl methyl sites for hydroxylation is 1. The number of hydrogen-bond acceptors (Lipinski definition) is 9. The van der Waals surface area contributed by atoms with Crippen LogP contribution in [0.1, 0.15) is 44.1 Å². The van der Waals surface area contributed by atoms with Crippen LogP contribution < -0.4 is 0 Å². The number of thiol groups is 1. The molecule has 1 aromatic rings. The van der Waals surface area contributed by atoms with E-state index >= 15 is 0 Å². The lowest BCUT2D eigenvalue weighted by Crippen LogP contribution is -2.14. The first-order chi connectivity index (χ1) is 17.2. The third kappa shape index (κ3) is 20.8. The zero-order chi connectivity index (χ0) is 25.2. The standard InChI is InChI=1S/C26H46O8S/c27-25-8-9-26(28)24(23-25)7-3-1-2-4-10-29-12-14-31-16-18-33-20-21-34-19-17-32-15-13-30-11-5-6-22-35/h8-9,23,27-28,35H,1-7,10-22H2. The van der Waals surface area contributed by atoms with Gasteiger partial charge in [0.15, 0.2) is 0 Å². The number of hydrogen-bond donors (Lipinski definition) is 3. The van der Waals surface area contributed by atoms with Crippen molar-refractivity contribution in [3.05, 3.63) is 23.8 Å². The van der Waals surface area contributed by atoms with Crippen molar-refractivity contribution in [3.8, 4) is 11.5 Å². The van der Waals surface area contributed by atoms with Crippen LogP contribution in [-0.4, -0.2) is 95.2 Å². The number of benzene rings is 1. The molecule has 0 unspecified atom stereocenters. The Balaban J connectivity index is 1.69. The fourth-order valence-electron chi connectivity index (χ4n) is 3.16. The zero-order valence-corrected chi connectivity index (χ0v) is 22.1. The lowest BCUT2D eigenvalue weighted by molar-refractivity contribution is -0.0169. The number of unbranched alkanes of at least 4 members (excludes halogenated alkanes) is 4. The van der Waals surface area contributed by atoms with Gasteiger partial charge < -0.3 is 38.6 Å². The first-order valence-corrected chi connectivity index (χ1v) is 13.5. The Morgan fingerprint density at radius 3 is 1.43 bits per heavy atom. The van der Waals surface area contributed by atoms with E-state index in [-0.39, 0.29) is 11.5 Å². The highest BCUT2D eigenvalue weighted by Gasteiger charge is 2.02. The van der Waals surface area contributed by atoms with Gasteiger partial charge in [-0.2, -0.15) is 12.6 Å². The molecule has 0 heterocycles. The fraction of sp³-hybridized carbons (Fsp3) is 0.769. The summed E-state index contributed by atoms with van der Waals surface area (Å²) in [7, 11) is 0. The molecule has 0 saturated carbocycles. The maximum atomic E-state index is 9.76. The Labute approximate surface area is 216 Å². The van der Waals surface area contributed by atoms with Gasteiger partial charge in [0.05, 0.1) is 66.1 Å². The third-order valence-electron chi connectivity index (χ3n) is 5.10. The van der Waals surface area contributed by atoms with Crippen LogP contribution in [0.15, 0.2) is 18.2 Å². The molecule has 0 aliphatic heterocycles. The second-order valence-electron chi connectivity index (χ2n) is 8.08. The minimum atomic E-state index is 0.194. The molecule has 0 atom stereocenters. The molecule has 9 heteroatoms. The normalized spacial score (nSPS) is 11.3. The lowest BCUT2D eigenvalue weighted by Gasteiger charge is -2.08. The van der Waals surface area contributed by atoms with Crippen molar-refractivity contribution in [3.63, 3.8) is 0 Å². The van der Waals surface area contributed by atoms with Gasteiger partial charge in [0.2, 0.25) is 0 Å². The molecule has 0 amide bonds. The van der Waals surface area contributed by atoms with E-state index in [0.29, 0.717) is 66.1 Å². The van der Waals surface area contributed by atoms with Crippen molar-refractivity contribution >= 4 is 12.6 Å². The summed E-state index contributed by atoms with van der Waals surface area (Å²) in [6.07, 6.45) is 7.02. The topological polar surface area (TPSA) is 95.8 Å². The summed E-state index contributed by atoms with van der Waals surface area (Å²) in [6.45, 7) is 7.14. The van der Waals surface area contributed by atoms with Gasteiger partial charge in [-0.15, -0.1) is 0 Å². The minimum absolute atomic E-state index is 0.194. The van der Waals surface area contributed by atoms with Gasteiger partial charge in [-0.3, -0.25) is 0 Å². The average molecular weight is 519 g/mol. The van der Waals surface area contributed by atoms with Gasteiger partial charge in [0.1, 0.15) is 11.5 Å². The van der Waals surface area contributed by atoms with Gasteiger partial charge in [-0.1, -0.05) is 12.8 Å². The van der Waals surface area contributed by atoms with E-state index in [1.54, 1.807) is 6.07 Å². The monoisotopic (exact) mass is 518 g/mol. The predicted octanol–water partition coefficient (Wildman–Crippen LogP) is 4.01. The molecular formula is C26H46O8S. The predicted molar refractivity (Wildman–Crippen MR) is 140 cm³/mol. The highest BCUT2D eigenvalue weighted by atomic mass is 32.1. The fourth-order valence-corrected chi connectivity index (χ4v) is 3.39. The molecule has 0 aliphatic rings. The van der Waals surface area contributed by atoms with E-state index in [1.165, 1.54) is 12.1 Å². The second-order valence-corrected chi connectivity index (χ2v) is 8.53. The highest BCUT2D eigenvalue weighted by Crippen LogP contribution is 2.23. The molecule has 8 nitrogen and oxygen atoms in total. The van der Waals surface area contributed by atoms with Crippen LogP contribution in [-0.2, 0) is 34.8 Å². The summed E-state index contributed by atoms with van der Waals surface area (Å²) in [6, 6.07) is 4.65. The largest absolute Gasteiger partial charge is 0.508 e. The zero-order valence-electron chi connectivity index (χ0n) is 21.2. The summed E-state index contributed by atoms with van der Waals surface area (Å²) < 4.78 is 32.9.